The molecular weight excluding hydrogens is 269 g/mol. The van der Waals surface area contributed by atoms with Crippen LogP contribution >= 0.6 is 0 Å². The lowest BCUT2D eigenvalue weighted by atomic mass is 10.1. The molecule has 1 heterocycles. The van der Waals surface area contributed by atoms with Crippen molar-refractivity contribution in [1.29, 1.82) is 0 Å². The maximum Gasteiger partial charge on any atom is 0.240 e. The smallest absolute Gasteiger partial charge is 0.240 e. The minimum absolute atomic E-state index is 0.208. The Balaban J connectivity index is 1.97. The van der Waals surface area contributed by atoms with Crippen molar-refractivity contribution < 1.29 is 8.91 Å². The summed E-state index contributed by atoms with van der Waals surface area (Å²) in [4.78, 5) is 6.54. The molecule has 0 atom stereocenters. The van der Waals surface area contributed by atoms with Crippen molar-refractivity contribution in [3.63, 3.8) is 0 Å². The molecule has 2 rings (SSSR count). The molecule has 0 saturated carbocycles. The highest BCUT2D eigenvalue weighted by Crippen LogP contribution is 2.11. The normalized spacial score (nSPS) is 11.5. The summed E-state index contributed by atoms with van der Waals surface area (Å²) in [5, 5.41) is 3.99. The van der Waals surface area contributed by atoms with Gasteiger partial charge in [-0.05, 0) is 30.2 Å². The fraction of sp³-hybridized carbons (Fsp3) is 0.500. The maximum absolute atomic E-state index is 13.2. The van der Waals surface area contributed by atoms with Gasteiger partial charge in [-0.3, -0.25) is 4.90 Å². The second kappa shape index (κ2) is 7.31. The second-order valence-electron chi connectivity index (χ2n) is 5.64. The van der Waals surface area contributed by atoms with Crippen LogP contribution < -0.4 is 0 Å². The lowest BCUT2D eigenvalue weighted by Gasteiger charge is -2.18. The Morgan fingerprint density at radius 3 is 2.76 bits per heavy atom. The van der Waals surface area contributed by atoms with E-state index in [1.807, 2.05) is 6.07 Å². The van der Waals surface area contributed by atoms with Crippen LogP contribution in [0, 0.1) is 11.7 Å². The summed E-state index contributed by atoms with van der Waals surface area (Å²) in [6, 6.07) is 6.66. The van der Waals surface area contributed by atoms with Gasteiger partial charge >= 0.3 is 0 Å². The molecule has 0 aliphatic heterocycles. The van der Waals surface area contributed by atoms with Gasteiger partial charge in [-0.1, -0.05) is 38.1 Å². The maximum atomic E-state index is 13.2. The first-order chi connectivity index (χ1) is 10.1. The minimum Gasteiger partial charge on any atom is -0.338 e. The molecule has 2 aromatic rings. The minimum atomic E-state index is -0.208. The zero-order valence-electron chi connectivity index (χ0n) is 12.8. The Hall–Kier alpha value is -1.75. The van der Waals surface area contributed by atoms with Gasteiger partial charge in [-0.25, -0.2) is 4.39 Å². The monoisotopic (exact) mass is 291 g/mol. The number of hydrogen-bond donors (Lipinski definition) is 0. The average molecular weight is 291 g/mol. The predicted molar refractivity (Wildman–Crippen MR) is 79.0 cm³/mol. The zero-order valence-corrected chi connectivity index (χ0v) is 12.8. The number of halogens is 1. The first-order valence-electron chi connectivity index (χ1n) is 7.35. The SMILES string of the molecule is CCN(Cc1cccc(F)c1)Cc1nc(CC(C)C)no1. The van der Waals surface area contributed by atoms with Crippen LogP contribution in [0.4, 0.5) is 4.39 Å². The summed E-state index contributed by atoms with van der Waals surface area (Å²) in [6.45, 7) is 8.38. The molecule has 0 spiro atoms. The molecule has 4 nitrogen and oxygen atoms in total. The lowest BCUT2D eigenvalue weighted by Crippen LogP contribution is -2.22. The Morgan fingerprint density at radius 1 is 1.29 bits per heavy atom. The van der Waals surface area contributed by atoms with Gasteiger partial charge in [0.1, 0.15) is 5.82 Å². The van der Waals surface area contributed by atoms with E-state index in [9.17, 15) is 4.39 Å². The standard InChI is InChI=1S/C16H22FN3O/c1-4-20(10-13-6-5-7-14(17)9-13)11-16-18-15(19-21-16)8-12(2)3/h5-7,9,12H,4,8,10-11H2,1-3H3. The van der Waals surface area contributed by atoms with Crippen LogP contribution in [0.1, 0.15) is 38.0 Å². The molecule has 0 N–H and O–H groups in total. The number of hydrogen-bond acceptors (Lipinski definition) is 4. The number of benzene rings is 1. The molecule has 0 bridgehead atoms. The summed E-state index contributed by atoms with van der Waals surface area (Å²) in [5.41, 5.74) is 0.943. The van der Waals surface area contributed by atoms with E-state index >= 15 is 0 Å². The topological polar surface area (TPSA) is 42.2 Å². The van der Waals surface area contributed by atoms with E-state index in [2.05, 4.69) is 35.8 Å². The molecule has 0 aliphatic carbocycles. The lowest BCUT2D eigenvalue weighted by molar-refractivity contribution is 0.228. The van der Waals surface area contributed by atoms with Crippen molar-refractivity contribution in [2.45, 2.75) is 40.3 Å². The van der Waals surface area contributed by atoms with Gasteiger partial charge in [0, 0.05) is 13.0 Å². The van der Waals surface area contributed by atoms with E-state index in [1.165, 1.54) is 6.07 Å². The Morgan fingerprint density at radius 2 is 2.10 bits per heavy atom. The summed E-state index contributed by atoms with van der Waals surface area (Å²) in [5.74, 6) is 1.66. The van der Waals surface area contributed by atoms with Crippen LogP contribution in [0.2, 0.25) is 0 Å². The largest absolute Gasteiger partial charge is 0.338 e. The van der Waals surface area contributed by atoms with Gasteiger partial charge < -0.3 is 4.52 Å². The zero-order chi connectivity index (χ0) is 15.2. The molecule has 5 heteroatoms. The quantitative estimate of drug-likeness (QED) is 0.784. The van der Waals surface area contributed by atoms with Crippen molar-refractivity contribution in [3.8, 4) is 0 Å². The van der Waals surface area contributed by atoms with E-state index in [-0.39, 0.29) is 5.82 Å². The van der Waals surface area contributed by atoms with E-state index in [4.69, 9.17) is 4.52 Å². The van der Waals surface area contributed by atoms with E-state index in [0.717, 1.165) is 24.4 Å². The van der Waals surface area contributed by atoms with Gasteiger partial charge in [0.2, 0.25) is 5.89 Å². The molecule has 0 fully saturated rings. The molecule has 1 aromatic carbocycles. The Bertz CT molecular complexity index is 568. The van der Waals surface area contributed by atoms with E-state index < -0.39 is 0 Å². The van der Waals surface area contributed by atoms with Crippen LogP contribution in [-0.4, -0.2) is 21.6 Å². The molecule has 114 valence electrons. The third kappa shape index (κ3) is 4.93. The summed E-state index contributed by atoms with van der Waals surface area (Å²) in [6.07, 6.45) is 0.819. The Kier molecular flexibility index (Phi) is 5.44. The van der Waals surface area contributed by atoms with Gasteiger partial charge in [-0.15, -0.1) is 0 Å². The molecule has 0 amide bonds. The van der Waals surface area contributed by atoms with Crippen LogP contribution in [0.25, 0.3) is 0 Å². The van der Waals surface area contributed by atoms with E-state index in [0.29, 0.717) is 24.9 Å². The van der Waals surface area contributed by atoms with Crippen molar-refractivity contribution in [1.82, 2.24) is 15.0 Å². The van der Waals surface area contributed by atoms with Crippen LogP contribution in [0.15, 0.2) is 28.8 Å². The predicted octanol–water partition coefficient (Wildman–Crippen LogP) is 3.43. The first kappa shape index (κ1) is 15.6. The van der Waals surface area contributed by atoms with Crippen molar-refractivity contribution in [3.05, 3.63) is 47.4 Å². The first-order valence-corrected chi connectivity index (χ1v) is 7.35. The van der Waals surface area contributed by atoms with Crippen molar-refractivity contribution in [2.24, 2.45) is 5.92 Å². The fourth-order valence-corrected chi connectivity index (χ4v) is 2.17. The van der Waals surface area contributed by atoms with Crippen LogP contribution in [0.5, 0.6) is 0 Å². The molecule has 0 saturated heterocycles. The highest BCUT2D eigenvalue weighted by molar-refractivity contribution is 5.16. The van der Waals surface area contributed by atoms with Gasteiger partial charge in [0.25, 0.3) is 0 Å². The van der Waals surface area contributed by atoms with Crippen molar-refractivity contribution in [2.75, 3.05) is 6.54 Å². The Labute approximate surface area is 125 Å². The van der Waals surface area contributed by atoms with Gasteiger partial charge in [0.15, 0.2) is 5.82 Å². The number of aromatic nitrogens is 2. The molecule has 21 heavy (non-hydrogen) atoms. The fourth-order valence-electron chi connectivity index (χ4n) is 2.17. The summed E-state index contributed by atoms with van der Waals surface area (Å²) >= 11 is 0. The van der Waals surface area contributed by atoms with Crippen LogP contribution in [-0.2, 0) is 19.5 Å². The summed E-state index contributed by atoms with van der Waals surface area (Å²) < 4.78 is 18.5. The molecule has 1 aromatic heterocycles. The third-order valence-corrected chi connectivity index (χ3v) is 3.20. The molecule has 0 radical (unpaired) electrons. The highest BCUT2D eigenvalue weighted by atomic mass is 19.1. The average Bonchev–Trinajstić information content (AvgIpc) is 2.84. The molecular formula is C16H22FN3O. The van der Waals surface area contributed by atoms with Crippen LogP contribution in [0.3, 0.4) is 0 Å². The van der Waals surface area contributed by atoms with E-state index in [1.54, 1.807) is 12.1 Å². The third-order valence-electron chi connectivity index (χ3n) is 3.20. The van der Waals surface area contributed by atoms with Gasteiger partial charge in [-0.2, -0.15) is 4.98 Å². The molecule has 0 unspecified atom stereocenters. The van der Waals surface area contributed by atoms with Crippen molar-refractivity contribution >= 4 is 0 Å². The number of nitrogens with zero attached hydrogens (tertiary/aromatic N) is 3. The summed E-state index contributed by atoms with van der Waals surface area (Å²) in [7, 11) is 0. The highest BCUT2D eigenvalue weighted by Gasteiger charge is 2.12. The number of rotatable bonds is 7. The molecule has 0 aliphatic rings. The van der Waals surface area contributed by atoms with Gasteiger partial charge in [0.05, 0.1) is 6.54 Å². The second-order valence-corrected chi connectivity index (χ2v) is 5.64.